The van der Waals surface area contributed by atoms with E-state index in [0.717, 1.165) is 57.0 Å². The van der Waals surface area contributed by atoms with Crippen LogP contribution < -0.4 is 5.32 Å². The van der Waals surface area contributed by atoms with Gasteiger partial charge < -0.3 is 9.88 Å². The molecule has 0 aromatic carbocycles. The third-order valence-electron chi connectivity index (χ3n) is 4.07. The Bertz CT molecular complexity index is 583. The smallest absolute Gasteiger partial charge is 0.211 e. The molecule has 2 aliphatic heterocycles. The topological polar surface area (TPSA) is 80.1 Å². The Hall–Kier alpha value is -0.990. The number of nitrogens with zero attached hydrogens (tertiary/aromatic N) is 4. The average molecular weight is 299 g/mol. The molecule has 7 nitrogen and oxygen atoms in total. The molecule has 20 heavy (non-hydrogen) atoms. The van der Waals surface area contributed by atoms with Crippen LogP contribution in [0.25, 0.3) is 0 Å². The molecule has 1 unspecified atom stereocenters. The van der Waals surface area contributed by atoms with E-state index >= 15 is 0 Å². The maximum atomic E-state index is 12.0. The molecule has 0 spiro atoms. The highest BCUT2D eigenvalue weighted by Crippen LogP contribution is 2.32. The van der Waals surface area contributed by atoms with E-state index in [2.05, 4.69) is 20.1 Å². The van der Waals surface area contributed by atoms with Crippen molar-refractivity contribution < 1.29 is 8.42 Å². The standard InChI is InChI=1S/C12H21N5O2S/c1-20(18,19)17-8-3-2-4-10(17)12-15-14-11-5-6-13-7-9-16(11)12/h10,13H,2-9H2,1H3. The SMILES string of the molecule is CS(=O)(=O)N1CCCCC1c1nnc2n1CCNCC2. The van der Waals surface area contributed by atoms with E-state index in [-0.39, 0.29) is 6.04 Å². The average Bonchev–Trinajstić information content (AvgIpc) is 2.66. The summed E-state index contributed by atoms with van der Waals surface area (Å²) in [5, 5.41) is 11.9. The van der Waals surface area contributed by atoms with Gasteiger partial charge in [0.15, 0.2) is 5.82 Å². The van der Waals surface area contributed by atoms with Gasteiger partial charge in [-0.1, -0.05) is 6.42 Å². The lowest BCUT2D eigenvalue weighted by Crippen LogP contribution is -2.39. The zero-order valence-electron chi connectivity index (χ0n) is 11.7. The number of rotatable bonds is 2. The maximum Gasteiger partial charge on any atom is 0.211 e. The minimum Gasteiger partial charge on any atom is -0.315 e. The van der Waals surface area contributed by atoms with Gasteiger partial charge in [-0.05, 0) is 12.8 Å². The van der Waals surface area contributed by atoms with Crippen molar-refractivity contribution in [2.75, 3.05) is 25.9 Å². The van der Waals surface area contributed by atoms with Gasteiger partial charge in [-0.3, -0.25) is 0 Å². The first-order valence-electron chi connectivity index (χ1n) is 7.17. The van der Waals surface area contributed by atoms with Crippen molar-refractivity contribution in [1.82, 2.24) is 24.4 Å². The third-order valence-corrected chi connectivity index (χ3v) is 5.36. The van der Waals surface area contributed by atoms with E-state index in [0.29, 0.717) is 6.54 Å². The maximum absolute atomic E-state index is 12.0. The summed E-state index contributed by atoms with van der Waals surface area (Å²) in [6.45, 7) is 3.18. The highest BCUT2D eigenvalue weighted by Gasteiger charge is 2.34. The fourth-order valence-electron chi connectivity index (χ4n) is 3.10. The zero-order chi connectivity index (χ0) is 14.2. The summed E-state index contributed by atoms with van der Waals surface area (Å²) in [7, 11) is -3.20. The number of piperidine rings is 1. The highest BCUT2D eigenvalue weighted by molar-refractivity contribution is 7.88. The number of aromatic nitrogens is 3. The fourth-order valence-corrected chi connectivity index (χ4v) is 4.22. The van der Waals surface area contributed by atoms with E-state index in [1.165, 1.54) is 6.26 Å². The number of fused-ring (bicyclic) bond motifs is 1. The number of hydrogen-bond acceptors (Lipinski definition) is 5. The summed E-state index contributed by atoms with van der Waals surface area (Å²) in [4.78, 5) is 0. The molecule has 0 aliphatic carbocycles. The van der Waals surface area contributed by atoms with Crippen molar-refractivity contribution in [3.8, 4) is 0 Å². The van der Waals surface area contributed by atoms with E-state index in [1.54, 1.807) is 4.31 Å². The fraction of sp³-hybridized carbons (Fsp3) is 0.833. The number of sulfonamides is 1. The molecule has 112 valence electrons. The first-order chi connectivity index (χ1) is 9.57. The molecule has 1 fully saturated rings. The molecule has 0 saturated carbocycles. The Balaban J connectivity index is 1.96. The number of nitrogens with one attached hydrogen (secondary N) is 1. The second-order valence-electron chi connectivity index (χ2n) is 5.51. The predicted molar refractivity (Wildman–Crippen MR) is 74.7 cm³/mol. The van der Waals surface area contributed by atoms with Crippen LogP contribution in [0.15, 0.2) is 0 Å². The largest absolute Gasteiger partial charge is 0.315 e. The first-order valence-corrected chi connectivity index (χ1v) is 9.02. The minimum atomic E-state index is -3.20. The molecule has 1 aromatic rings. The lowest BCUT2D eigenvalue weighted by atomic mass is 10.0. The van der Waals surface area contributed by atoms with Gasteiger partial charge in [0, 0.05) is 32.6 Å². The summed E-state index contributed by atoms with van der Waals surface area (Å²) in [6, 6.07) is -0.155. The number of hydrogen-bond donors (Lipinski definition) is 1. The van der Waals surface area contributed by atoms with Crippen LogP contribution in [0.3, 0.4) is 0 Å². The molecule has 2 aliphatic rings. The second-order valence-corrected chi connectivity index (χ2v) is 7.45. The van der Waals surface area contributed by atoms with Crippen LogP contribution in [0.4, 0.5) is 0 Å². The van der Waals surface area contributed by atoms with Crippen molar-refractivity contribution in [1.29, 1.82) is 0 Å². The Morgan fingerprint density at radius 3 is 2.85 bits per heavy atom. The van der Waals surface area contributed by atoms with Crippen LogP contribution in [0, 0.1) is 0 Å². The van der Waals surface area contributed by atoms with Crippen LogP contribution in [0.2, 0.25) is 0 Å². The Morgan fingerprint density at radius 1 is 1.20 bits per heavy atom. The molecule has 1 N–H and O–H groups in total. The molecular weight excluding hydrogens is 278 g/mol. The minimum absolute atomic E-state index is 0.155. The van der Waals surface area contributed by atoms with Gasteiger partial charge in [-0.15, -0.1) is 10.2 Å². The van der Waals surface area contributed by atoms with Crippen molar-refractivity contribution in [2.45, 2.75) is 38.3 Å². The highest BCUT2D eigenvalue weighted by atomic mass is 32.2. The molecule has 1 aromatic heterocycles. The van der Waals surface area contributed by atoms with Crippen molar-refractivity contribution >= 4 is 10.0 Å². The summed E-state index contributed by atoms with van der Waals surface area (Å²) in [5.41, 5.74) is 0. The van der Waals surface area contributed by atoms with Crippen LogP contribution in [0.1, 0.15) is 37.0 Å². The van der Waals surface area contributed by atoms with Gasteiger partial charge in [0.25, 0.3) is 0 Å². The third kappa shape index (κ3) is 2.59. The molecule has 1 atom stereocenters. The van der Waals surface area contributed by atoms with Gasteiger partial charge in [0.1, 0.15) is 5.82 Å². The van der Waals surface area contributed by atoms with Gasteiger partial charge >= 0.3 is 0 Å². The van der Waals surface area contributed by atoms with E-state index in [1.807, 2.05) is 0 Å². The van der Waals surface area contributed by atoms with Gasteiger partial charge in [0.2, 0.25) is 10.0 Å². The quantitative estimate of drug-likeness (QED) is 0.825. The second kappa shape index (κ2) is 5.42. The monoisotopic (exact) mass is 299 g/mol. The Labute approximate surface area is 119 Å². The van der Waals surface area contributed by atoms with Gasteiger partial charge in [-0.2, -0.15) is 4.31 Å². The van der Waals surface area contributed by atoms with E-state index < -0.39 is 10.0 Å². The molecule has 0 amide bonds. The molecular formula is C12H21N5O2S. The van der Waals surface area contributed by atoms with E-state index in [4.69, 9.17) is 0 Å². The van der Waals surface area contributed by atoms with Crippen LogP contribution in [0.5, 0.6) is 0 Å². The normalized spacial score (nSPS) is 25.1. The predicted octanol–water partition coefficient (Wildman–Crippen LogP) is -0.0896. The Kier molecular flexibility index (Phi) is 3.78. The zero-order valence-corrected chi connectivity index (χ0v) is 12.6. The lowest BCUT2D eigenvalue weighted by Gasteiger charge is -2.33. The summed E-state index contributed by atoms with van der Waals surface area (Å²) in [5.74, 6) is 1.78. The summed E-state index contributed by atoms with van der Waals surface area (Å²) in [6.07, 6.45) is 4.92. The molecule has 3 heterocycles. The van der Waals surface area contributed by atoms with Gasteiger partial charge in [0.05, 0.1) is 12.3 Å². The van der Waals surface area contributed by atoms with E-state index in [9.17, 15) is 8.42 Å². The van der Waals surface area contributed by atoms with Crippen molar-refractivity contribution in [3.05, 3.63) is 11.6 Å². The first kappa shape index (κ1) is 14.0. The van der Waals surface area contributed by atoms with Crippen molar-refractivity contribution in [3.63, 3.8) is 0 Å². The molecule has 3 rings (SSSR count). The Morgan fingerprint density at radius 2 is 2.05 bits per heavy atom. The van der Waals surface area contributed by atoms with Crippen LogP contribution >= 0.6 is 0 Å². The molecule has 1 saturated heterocycles. The molecule has 8 heteroatoms. The van der Waals surface area contributed by atoms with Crippen LogP contribution in [-0.4, -0.2) is 53.4 Å². The van der Waals surface area contributed by atoms with Gasteiger partial charge in [-0.25, -0.2) is 8.42 Å². The lowest BCUT2D eigenvalue weighted by molar-refractivity contribution is 0.242. The van der Waals surface area contributed by atoms with Crippen molar-refractivity contribution in [2.24, 2.45) is 0 Å². The molecule has 0 radical (unpaired) electrons. The summed E-state index contributed by atoms with van der Waals surface area (Å²) >= 11 is 0. The summed E-state index contributed by atoms with van der Waals surface area (Å²) < 4.78 is 27.7. The van der Waals surface area contributed by atoms with Crippen LogP contribution in [-0.2, 0) is 23.0 Å². The molecule has 0 bridgehead atoms.